The Bertz CT molecular complexity index is 854. The first-order valence-corrected chi connectivity index (χ1v) is 12.2. The Morgan fingerprint density at radius 3 is 2.77 bits per heavy atom. The largest absolute Gasteiger partial charge is 0.464 e. The lowest BCUT2D eigenvalue weighted by atomic mass is 10.1. The number of fused-ring (bicyclic) bond motifs is 2. The van der Waals surface area contributed by atoms with Crippen LogP contribution in [0.15, 0.2) is 12.2 Å². The predicted molar refractivity (Wildman–Crippen MR) is 124 cm³/mol. The number of alkyl carbamates (subject to hydrolysis) is 1. The standard InChI is InChI=1S/C24H37N3O8/c1-5-34-21(31)24-12-15(24)9-7-6-8-10-33-14-17(25-22(32)35-23(2,3)4)20(30)27-13-16(28)11-18(27)19(29)26-24/h7,9,15-18,28H,5-6,8,10-14H2,1-4H3,(H,25,32)(H,26,29)/t15-,16-,17+,18+,24-/m1/s1. The van der Waals surface area contributed by atoms with Crippen LogP contribution in [0.4, 0.5) is 4.79 Å². The number of nitrogens with one attached hydrogen (secondary N) is 2. The van der Waals surface area contributed by atoms with Crippen LogP contribution in [0.2, 0.25) is 0 Å². The van der Waals surface area contributed by atoms with Gasteiger partial charge >= 0.3 is 12.1 Å². The molecule has 1 aliphatic carbocycles. The quantitative estimate of drug-likeness (QED) is 0.382. The van der Waals surface area contributed by atoms with Crippen molar-refractivity contribution < 1.29 is 38.5 Å². The van der Waals surface area contributed by atoms with Gasteiger partial charge in [0.25, 0.3) is 0 Å². The van der Waals surface area contributed by atoms with Crippen LogP contribution in [-0.4, -0.2) is 89.6 Å². The third-order valence-corrected chi connectivity index (χ3v) is 6.17. The van der Waals surface area contributed by atoms with Crippen molar-refractivity contribution in [1.29, 1.82) is 0 Å². The van der Waals surface area contributed by atoms with Crippen LogP contribution in [-0.2, 0) is 28.6 Å². The second-order valence-electron chi connectivity index (χ2n) is 10.2. The SMILES string of the molecule is CCOC(=O)[C@@]12C[C@H]1C=CCCCOC[C@H](NC(=O)OC(C)(C)C)C(=O)N1C[C@H](O)C[C@H]1C(=O)N2. The van der Waals surface area contributed by atoms with Gasteiger partial charge in [-0.15, -0.1) is 0 Å². The predicted octanol–water partition coefficient (Wildman–Crippen LogP) is 0.646. The van der Waals surface area contributed by atoms with Crippen LogP contribution in [0.5, 0.6) is 0 Å². The molecule has 0 unspecified atom stereocenters. The Morgan fingerprint density at radius 1 is 1.34 bits per heavy atom. The Morgan fingerprint density at radius 2 is 2.09 bits per heavy atom. The van der Waals surface area contributed by atoms with Crippen molar-refractivity contribution in [1.82, 2.24) is 15.5 Å². The lowest BCUT2D eigenvalue weighted by Crippen LogP contribution is -2.57. The van der Waals surface area contributed by atoms with E-state index >= 15 is 0 Å². The minimum atomic E-state index is -1.18. The summed E-state index contributed by atoms with van der Waals surface area (Å²) in [5, 5.41) is 15.6. The molecule has 0 spiro atoms. The van der Waals surface area contributed by atoms with E-state index in [2.05, 4.69) is 10.6 Å². The smallest absolute Gasteiger partial charge is 0.408 e. The fourth-order valence-corrected chi connectivity index (χ4v) is 4.41. The molecule has 35 heavy (non-hydrogen) atoms. The number of aliphatic hydroxyl groups excluding tert-OH is 1. The summed E-state index contributed by atoms with van der Waals surface area (Å²) in [6.45, 7) is 7.14. The van der Waals surface area contributed by atoms with Gasteiger partial charge in [-0.1, -0.05) is 12.2 Å². The molecular formula is C24H37N3O8. The monoisotopic (exact) mass is 495 g/mol. The van der Waals surface area contributed by atoms with Gasteiger partial charge in [0, 0.05) is 25.5 Å². The molecule has 196 valence electrons. The van der Waals surface area contributed by atoms with E-state index in [1.54, 1.807) is 27.7 Å². The zero-order valence-electron chi connectivity index (χ0n) is 20.9. The van der Waals surface area contributed by atoms with Crippen LogP contribution >= 0.6 is 0 Å². The highest BCUT2D eigenvalue weighted by molar-refractivity contribution is 5.96. The normalized spacial score (nSPS) is 31.9. The zero-order chi connectivity index (χ0) is 25.8. The maximum absolute atomic E-state index is 13.4. The molecule has 1 saturated carbocycles. The number of esters is 1. The van der Waals surface area contributed by atoms with Crippen molar-refractivity contribution in [2.45, 2.75) is 82.7 Å². The van der Waals surface area contributed by atoms with Crippen LogP contribution in [0.1, 0.15) is 53.4 Å². The highest BCUT2D eigenvalue weighted by Gasteiger charge is 2.62. The molecule has 5 atom stereocenters. The number of allylic oxidation sites excluding steroid dienone is 1. The van der Waals surface area contributed by atoms with Crippen molar-refractivity contribution in [2.75, 3.05) is 26.4 Å². The minimum absolute atomic E-state index is 0.0109. The van der Waals surface area contributed by atoms with Gasteiger partial charge in [-0.25, -0.2) is 9.59 Å². The summed E-state index contributed by atoms with van der Waals surface area (Å²) in [5.41, 5.74) is -1.95. The fraction of sp³-hybridized carbons (Fsp3) is 0.750. The highest BCUT2D eigenvalue weighted by Crippen LogP contribution is 2.46. The lowest BCUT2D eigenvalue weighted by molar-refractivity contribution is -0.150. The number of amides is 3. The molecule has 0 aromatic heterocycles. The first-order valence-electron chi connectivity index (χ1n) is 12.2. The Balaban J connectivity index is 1.84. The van der Waals surface area contributed by atoms with Gasteiger partial charge < -0.3 is 34.9 Å². The molecule has 11 nitrogen and oxygen atoms in total. The average Bonchev–Trinajstić information content (AvgIpc) is 3.30. The van der Waals surface area contributed by atoms with Crippen LogP contribution in [0, 0.1) is 5.92 Å². The first-order chi connectivity index (χ1) is 16.5. The number of hydrogen-bond donors (Lipinski definition) is 3. The molecule has 2 heterocycles. The van der Waals surface area contributed by atoms with Crippen LogP contribution < -0.4 is 10.6 Å². The van der Waals surface area contributed by atoms with Gasteiger partial charge in [0.05, 0.1) is 19.3 Å². The molecule has 0 aromatic carbocycles. The highest BCUT2D eigenvalue weighted by atomic mass is 16.6. The van der Waals surface area contributed by atoms with E-state index < -0.39 is 53.2 Å². The van der Waals surface area contributed by atoms with Crippen LogP contribution in [0.3, 0.4) is 0 Å². The van der Waals surface area contributed by atoms with E-state index in [4.69, 9.17) is 14.2 Å². The van der Waals surface area contributed by atoms with Gasteiger partial charge in [-0.05, 0) is 47.0 Å². The summed E-state index contributed by atoms with van der Waals surface area (Å²) in [7, 11) is 0. The molecule has 1 saturated heterocycles. The van der Waals surface area contributed by atoms with Crippen molar-refractivity contribution in [2.24, 2.45) is 5.92 Å². The van der Waals surface area contributed by atoms with Gasteiger partial charge in [-0.2, -0.15) is 0 Å². The molecule has 3 rings (SSSR count). The maximum atomic E-state index is 13.4. The number of nitrogens with zero attached hydrogens (tertiary/aromatic N) is 1. The Labute approximate surface area is 205 Å². The van der Waals surface area contributed by atoms with E-state index in [-0.39, 0.29) is 32.1 Å². The lowest BCUT2D eigenvalue weighted by Gasteiger charge is -2.30. The van der Waals surface area contributed by atoms with E-state index in [1.165, 1.54) is 4.90 Å². The first kappa shape index (κ1) is 26.9. The van der Waals surface area contributed by atoms with Crippen molar-refractivity contribution in [3.63, 3.8) is 0 Å². The van der Waals surface area contributed by atoms with Crippen molar-refractivity contribution >= 4 is 23.9 Å². The summed E-state index contributed by atoms with van der Waals surface area (Å²) < 4.78 is 16.2. The van der Waals surface area contributed by atoms with Crippen molar-refractivity contribution in [3.05, 3.63) is 12.2 Å². The van der Waals surface area contributed by atoms with Gasteiger partial charge in [0.1, 0.15) is 23.2 Å². The number of rotatable bonds is 3. The molecule has 3 amide bonds. The topological polar surface area (TPSA) is 144 Å². The summed E-state index contributed by atoms with van der Waals surface area (Å²) in [6, 6.07) is -2.12. The van der Waals surface area contributed by atoms with E-state index in [0.29, 0.717) is 25.9 Å². The van der Waals surface area contributed by atoms with Crippen LogP contribution in [0.25, 0.3) is 0 Å². The van der Waals surface area contributed by atoms with E-state index in [1.807, 2.05) is 12.2 Å². The second kappa shape index (κ2) is 10.9. The molecule has 11 heteroatoms. The molecule has 0 radical (unpaired) electrons. The van der Waals surface area contributed by atoms with Crippen molar-refractivity contribution in [3.8, 4) is 0 Å². The summed E-state index contributed by atoms with van der Waals surface area (Å²) in [5.74, 6) is -1.85. The molecule has 2 aliphatic heterocycles. The average molecular weight is 496 g/mol. The Kier molecular flexibility index (Phi) is 8.42. The number of aliphatic hydroxyl groups is 1. The third-order valence-electron chi connectivity index (χ3n) is 6.17. The maximum Gasteiger partial charge on any atom is 0.408 e. The molecule has 2 fully saturated rings. The van der Waals surface area contributed by atoms with Gasteiger partial charge in [0.2, 0.25) is 11.8 Å². The van der Waals surface area contributed by atoms with E-state index in [9.17, 15) is 24.3 Å². The molecule has 3 aliphatic rings. The Hall–Kier alpha value is -2.66. The van der Waals surface area contributed by atoms with Gasteiger partial charge in [0.15, 0.2) is 0 Å². The summed E-state index contributed by atoms with van der Waals surface area (Å²) >= 11 is 0. The fourth-order valence-electron chi connectivity index (χ4n) is 4.41. The minimum Gasteiger partial charge on any atom is -0.464 e. The zero-order valence-corrected chi connectivity index (χ0v) is 20.9. The molecule has 3 N–H and O–H groups in total. The van der Waals surface area contributed by atoms with Gasteiger partial charge in [-0.3, -0.25) is 9.59 Å². The molecule has 0 aromatic rings. The summed E-state index contributed by atoms with van der Waals surface area (Å²) in [6.07, 6.45) is 3.88. The number of ether oxygens (including phenoxy) is 3. The molecular weight excluding hydrogens is 458 g/mol. The molecule has 0 bridgehead atoms. The number of carbonyl (C=O) groups is 4. The number of hydrogen-bond acceptors (Lipinski definition) is 8. The summed E-state index contributed by atoms with van der Waals surface area (Å²) in [4.78, 5) is 53.1. The third kappa shape index (κ3) is 6.72. The van der Waals surface area contributed by atoms with E-state index in [0.717, 1.165) is 0 Å². The number of carbonyl (C=O) groups excluding carboxylic acids is 4. The second-order valence-corrected chi connectivity index (χ2v) is 10.2.